The van der Waals surface area contributed by atoms with Crippen LogP contribution in [-0.2, 0) is 0 Å². The largest absolute Gasteiger partial charge is 0.489 e. The summed E-state index contributed by atoms with van der Waals surface area (Å²) in [6, 6.07) is 7.33. The molecule has 4 heteroatoms. The second kappa shape index (κ2) is 7.14. The first-order valence-electron chi connectivity index (χ1n) is 8.48. The molecule has 1 saturated heterocycles. The number of nitrogens with zero attached hydrogens (tertiary/aromatic N) is 1. The quantitative estimate of drug-likeness (QED) is 0.924. The lowest BCUT2D eigenvalue weighted by Crippen LogP contribution is -2.49. The molecular formula is C18H25NO3. The second-order valence-corrected chi connectivity index (χ2v) is 6.43. The molecule has 1 aliphatic carbocycles. The molecule has 2 aliphatic rings. The number of ether oxygens (including phenoxy) is 1. The van der Waals surface area contributed by atoms with E-state index in [4.69, 9.17) is 9.84 Å². The van der Waals surface area contributed by atoms with Gasteiger partial charge in [-0.3, -0.25) is 4.90 Å². The van der Waals surface area contributed by atoms with Crippen molar-refractivity contribution in [1.82, 2.24) is 4.90 Å². The van der Waals surface area contributed by atoms with Crippen LogP contribution in [0.25, 0.3) is 0 Å². The molecule has 0 aromatic heterocycles. The number of hydrogen-bond donors (Lipinski definition) is 1. The van der Waals surface area contributed by atoms with Crippen molar-refractivity contribution < 1.29 is 14.6 Å². The fourth-order valence-electron chi connectivity index (χ4n) is 3.73. The maximum absolute atomic E-state index is 10.9. The van der Waals surface area contributed by atoms with Crippen molar-refractivity contribution in [3.8, 4) is 5.75 Å². The molecule has 2 unspecified atom stereocenters. The van der Waals surface area contributed by atoms with E-state index in [1.807, 2.05) is 0 Å². The van der Waals surface area contributed by atoms with Gasteiger partial charge in [-0.15, -0.1) is 0 Å². The van der Waals surface area contributed by atoms with Gasteiger partial charge in [-0.05, 0) is 69.5 Å². The van der Waals surface area contributed by atoms with E-state index in [2.05, 4.69) is 4.90 Å². The number of hydrogen-bond acceptors (Lipinski definition) is 3. The van der Waals surface area contributed by atoms with Gasteiger partial charge in [0.15, 0.2) is 0 Å². The van der Waals surface area contributed by atoms with Crippen LogP contribution in [0.15, 0.2) is 24.3 Å². The van der Waals surface area contributed by atoms with Crippen molar-refractivity contribution >= 4 is 5.97 Å². The van der Waals surface area contributed by atoms with E-state index in [1.54, 1.807) is 24.3 Å². The third-order valence-corrected chi connectivity index (χ3v) is 4.92. The van der Waals surface area contributed by atoms with Crippen molar-refractivity contribution in [1.29, 1.82) is 0 Å². The average molecular weight is 303 g/mol. The normalized spacial score (nSPS) is 26.5. The molecule has 0 bridgehead atoms. The molecule has 0 radical (unpaired) electrons. The number of piperidine rings is 1. The molecule has 1 aromatic rings. The van der Waals surface area contributed by atoms with E-state index in [1.165, 1.54) is 51.6 Å². The first-order valence-corrected chi connectivity index (χ1v) is 8.48. The number of likely N-dealkylation sites (tertiary alicyclic amines) is 1. The van der Waals surface area contributed by atoms with Gasteiger partial charge < -0.3 is 9.84 Å². The maximum atomic E-state index is 10.9. The summed E-state index contributed by atoms with van der Waals surface area (Å²) in [6.07, 6.45) is 9.03. The van der Waals surface area contributed by atoms with Crippen molar-refractivity contribution in [3.63, 3.8) is 0 Å². The molecule has 1 aliphatic heterocycles. The zero-order valence-electron chi connectivity index (χ0n) is 13.0. The van der Waals surface area contributed by atoms with Crippen LogP contribution in [-0.4, -0.2) is 41.2 Å². The Morgan fingerprint density at radius 1 is 1.00 bits per heavy atom. The molecule has 120 valence electrons. The Bertz CT molecular complexity index is 494. The molecule has 4 nitrogen and oxygen atoms in total. The molecular weight excluding hydrogens is 278 g/mol. The first kappa shape index (κ1) is 15.3. The Morgan fingerprint density at radius 2 is 1.68 bits per heavy atom. The maximum Gasteiger partial charge on any atom is 0.335 e. The highest BCUT2D eigenvalue weighted by atomic mass is 16.5. The Balaban J connectivity index is 1.66. The van der Waals surface area contributed by atoms with Crippen LogP contribution in [0.3, 0.4) is 0 Å². The van der Waals surface area contributed by atoms with Gasteiger partial charge >= 0.3 is 5.97 Å². The summed E-state index contributed by atoms with van der Waals surface area (Å²) in [5, 5.41) is 8.96. The van der Waals surface area contributed by atoms with E-state index in [0.29, 0.717) is 11.6 Å². The topological polar surface area (TPSA) is 49.8 Å². The highest BCUT2D eigenvalue weighted by molar-refractivity contribution is 5.87. The fraction of sp³-hybridized carbons (Fsp3) is 0.611. The smallest absolute Gasteiger partial charge is 0.335 e. The minimum atomic E-state index is -0.893. The fourth-order valence-corrected chi connectivity index (χ4v) is 3.73. The Labute approximate surface area is 132 Å². The number of carboxylic acid groups (broad SMARTS) is 1. The van der Waals surface area contributed by atoms with Gasteiger partial charge in [-0.1, -0.05) is 12.8 Å². The summed E-state index contributed by atoms with van der Waals surface area (Å²) in [5.74, 6) is -0.102. The summed E-state index contributed by atoms with van der Waals surface area (Å²) in [5.41, 5.74) is 0.309. The molecule has 1 saturated carbocycles. The molecule has 1 aromatic carbocycles. The van der Waals surface area contributed by atoms with Crippen LogP contribution in [0.5, 0.6) is 5.75 Å². The minimum Gasteiger partial charge on any atom is -0.489 e. The van der Waals surface area contributed by atoms with E-state index < -0.39 is 5.97 Å². The minimum absolute atomic E-state index is 0.238. The molecule has 1 N–H and O–H groups in total. The highest BCUT2D eigenvalue weighted by Gasteiger charge is 2.32. The van der Waals surface area contributed by atoms with Crippen molar-refractivity contribution in [2.45, 2.75) is 57.1 Å². The van der Waals surface area contributed by atoms with Crippen LogP contribution in [0, 0.1) is 0 Å². The third-order valence-electron chi connectivity index (χ3n) is 4.92. The number of rotatable bonds is 4. The number of benzene rings is 1. The molecule has 3 rings (SSSR count). The van der Waals surface area contributed by atoms with Crippen LogP contribution in [0.1, 0.15) is 55.3 Å². The second-order valence-electron chi connectivity index (χ2n) is 6.43. The molecule has 0 spiro atoms. The molecule has 0 amide bonds. The lowest BCUT2D eigenvalue weighted by atomic mass is 9.90. The van der Waals surface area contributed by atoms with Crippen LogP contribution < -0.4 is 4.74 Å². The average Bonchev–Trinajstić information content (AvgIpc) is 2.57. The Morgan fingerprint density at radius 3 is 2.36 bits per heavy atom. The molecule has 2 fully saturated rings. The standard InChI is InChI=1S/C18H25NO3/c20-18(21)14-8-10-15(11-9-14)22-17-7-3-2-6-16(17)19-12-4-1-5-13-19/h8-11,16-17H,1-7,12-13H2,(H,20,21). The number of carboxylic acids is 1. The summed E-state index contributed by atoms with van der Waals surface area (Å²) in [4.78, 5) is 13.5. The van der Waals surface area contributed by atoms with Gasteiger partial charge in [0.05, 0.1) is 5.56 Å². The summed E-state index contributed by atoms with van der Waals surface area (Å²) in [7, 11) is 0. The highest BCUT2D eigenvalue weighted by Crippen LogP contribution is 2.29. The molecule has 22 heavy (non-hydrogen) atoms. The lowest BCUT2D eigenvalue weighted by Gasteiger charge is -2.41. The van der Waals surface area contributed by atoms with Crippen molar-refractivity contribution in [3.05, 3.63) is 29.8 Å². The zero-order chi connectivity index (χ0) is 15.4. The van der Waals surface area contributed by atoms with Crippen LogP contribution in [0.4, 0.5) is 0 Å². The molecule has 2 atom stereocenters. The monoisotopic (exact) mass is 303 g/mol. The molecule has 1 heterocycles. The van der Waals surface area contributed by atoms with E-state index in [0.717, 1.165) is 12.2 Å². The van der Waals surface area contributed by atoms with E-state index >= 15 is 0 Å². The van der Waals surface area contributed by atoms with E-state index in [9.17, 15) is 4.79 Å². The van der Waals surface area contributed by atoms with Gasteiger partial charge in [0.25, 0.3) is 0 Å². The Kier molecular flexibility index (Phi) is 4.98. The third kappa shape index (κ3) is 3.61. The van der Waals surface area contributed by atoms with Gasteiger partial charge in [0.1, 0.15) is 11.9 Å². The van der Waals surface area contributed by atoms with Gasteiger partial charge in [0.2, 0.25) is 0 Å². The number of carbonyl (C=O) groups is 1. The van der Waals surface area contributed by atoms with Crippen molar-refractivity contribution in [2.24, 2.45) is 0 Å². The first-order chi connectivity index (χ1) is 10.7. The summed E-state index contributed by atoms with van der Waals surface area (Å²) in [6.45, 7) is 2.39. The van der Waals surface area contributed by atoms with Gasteiger partial charge in [-0.25, -0.2) is 4.79 Å². The predicted molar refractivity (Wildman–Crippen MR) is 85.5 cm³/mol. The van der Waals surface area contributed by atoms with E-state index in [-0.39, 0.29) is 6.10 Å². The van der Waals surface area contributed by atoms with Crippen LogP contribution in [0.2, 0.25) is 0 Å². The Hall–Kier alpha value is -1.55. The zero-order valence-corrected chi connectivity index (χ0v) is 13.0. The summed E-state index contributed by atoms with van der Waals surface area (Å²) >= 11 is 0. The lowest BCUT2D eigenvalue weighted by molar-refractivity contribution is 0.0261. The predicted octanol–water partition coefficient (Wildman–Crippen LogP) is 3.56. The van der Waals surface area contributed by atoms with Gasteiger partial charge in [0, 0.05) is 6.04 Å². The SMILES string of the molecule is O=C(O)c1ccc(OC2CCCCC2N2CCCCC2)cc1. The van der Waals surface area contributed by atoms with Gasteiger partial charge in [-0.2, -0.15) is 0 Å². The van der Waals surface area contributed by atoms with Crippen LogP contribution >= 0.6 is 0 Å². The van der Waals surface area contributed by atoms with Crippen molar-refractivity contribution in [2.75, 3.05) is 13.1 Å². The number of aromatic carboxylic acids is 1. The summed E-state index contributed by atoms with van der Waals surface area (Å²) < 4.78 is 6.22.